The van der Waals surface area contributed by atoms with Crippen LogP contribution in [-0.2, 0) is 0 Å². The van der Waals surface area contributed by atoms with Crippen molar-refractivity contribution in [2.24, 2.45) is 11.8 Å². The first kappa shape index (κ1) is 14.9. The Hall–Kier alpha value is -0.120. The third-order valence-corrected chi connectivity index (χ3v) is 4.08. The molecule has 1 fully saturated rings. The van der Waals surface area contributed by atoms with Crippen LogP contribution in [0.25, 0.3) is 0 Å². The Balaban J connectivity index is 2.46. The molecule has 0 aromatic rings. The number of rotatable bonds is 6. The van der Waals surface area contributed by atoms with Crippen molar-refractivity contribution in [2.45, 2.75) is 52.6 Å². The molecule has 1 saturated heterocycles. The number of aliphatic hydroxyl groups excluding tert-OH is 1. The van der Waals surface area contributed by atoms with Gasteiger partial charge in [0.05, 0.1) is 6.61 Å². The van der Waals surface area contributed by atoms with Gasteiger partial charge in [-0.1, -0.05) is 20.8 Å². The summed E-state index contributed by atoms with van der Waals surface area (Å²) in [5.41, 5.74) is 0. The molecule has 3 nitrogen and oxygen atoms in total. The highest BCUT2D eigenvalue weighted by molar-refractivity contribution is 4.84. The molecule has 4 unspecified atom stereocenters. The van der Waals surface area contributed by atoms with E-state index in [1.807, 2.05) is 0 Å². The molecule has 17 heavy (non-hydrogen) atoms. The van der Waals surface area contributed by atoms with E-state index in [9.17, 15) is 5.11 Å². The zero-order valence-electron chi connectivity index (χ0n) is 11.9. The van der Waals surface area contributed by atoms with Crippen molar-refractivity contribution in [3.63, 3.8) is 0 Å². The van der Waals surface area contributed by atoms with Crippen molar-refractivity contribution in [3.05, 3.63) is 0 Å². The minimum absolute atomic E-state index is 0.231. The van der Waals surface area contributed by atoms with E-state index in [-0.39, 0.29) is 12.6 Å². The fourth-order valence-electron chi connectivity index (χ4n) is 2.89. The van der Waals surface area contributed by atoms with Gasteiger partial charge in [0.15, 0.2) is 0 Å². The first-order chi connectivity index (χ1) is 8.08. The minimum atomic E-state index is 0.231. The van der Waals surface area contributed by atoms with Crippen molar-refractivity contribution in [2.75, 3.05) is 26.2 Å². The zero-order chi connectivity index (χ0) is 12.8. The first-order valence-corrected chi connectivity index (χ1v) is 7.16. The Bertz CT molecular complexity index is 210. The van der Waals surface area contributed by atoms with Crippen molar-refractivity contribution >= 4 is 0 Å². The average molecular weight is 242 g/mol. The molecule has 0 aromatic carbocycles. The molecular weight excluding hydrogens is 212 g/mol. The first-order valence-electron chi connectivity index (χ1n) is 7.16. The van der Waals surface area contributed by atoms with Gasteiger partial charge < -0.3 is 10.4 Å². The van der Waals surface area contributed by atoms with E-state index in [1.54, 1.807) is 0 Å². The quantitative estimate of drug-likeness (QED) is 0.744. The molecule has 4 atom stereocenters. The molecule has 0 aliphatic carbocycles. The fourth-order valence-corrected chi connectivity index (χ4v) is 2.89. The lowest BCUT2D eigenvalue weighted by Crippen LogP contribution is -2.52. The molecule has 1 heterocycles. The van der Waals surface area contributed by atoms with Crippen LogP contribution in [0.15, 0.2) is 0 Å². The Kier molecular flexibility index (Phi) is 6.45. The maximum absolute atomic E-state index is 9.41. The van der Waals surface area contributed by atoms with Crippen LogP contribution in [0.4, 0.5) is 0 Å². The topological polar surface area (TPSA) is 35.5 Å². The second-order valence-corrected chi connectivity index (χ2v) is 5.85. The Morgan fingerprint density at radius 1 is 1.35 bits per heavy atom. The highest BCUT2D eigenvalue weighted by Crippen LogP contribution is 2.26. The zero-order valence-corrected chi connectivity index (χ0v) is 11.9. The van der Waals surface area contributed by atoms with Gasteiger partial charge in [-0.25, -0.2) is 0 Å². The highest BCUT2D eigenvalue weighted by atomic mass is 16.3. The van der Waals surface area contributed by atoms with E-state index in [0.717, 1.165) is 31.3 Å². The lowest BCUT2D eigenvalue weighted by Gasteiger charge is -2.42. The predicted molar refractivity (Wildman–Crippen MR) is 73.1 cm³/mol. The third-order valence-electron chi connectivity index (χ3n) is 4.08. The summed E-state index contributed by atoms with van der Waals surface area (Å²) in [6, 6.07) is 0.874. The van der Waals surface area contributed by atoms with E-state index >= 15 is 0 Å². The molecular formula is C14H30N2O. The van der Waals surface area contributed by atoms with Gasteiger partial charge in [0, 0.05) is 25.2 Å². The number of hydrogen-bond donors (Lipinski definition) is 2. The van der Waals surface area contributed by atoms with Crippen molar-refractivity contribution in [1.82, 2.24) is 10.2 Å². The summed E-state index contributed by atoms with van der Waals surface area (Å²) in [7, 11) is 0. The van der Waals surface area contributed by atoms with E-state index in [4.69, 9.17) is 0 Å². The van der Waals surface area contributed by atoms with Gasteiger partial charge in [-0.3, -0.25) is 4.90 Å². The van der Waals surface area contributed by atoms with Gasteiger partial charge in [-0.15, -0.1) is 0 Å². The minimum Gasteiger partial charge on any atom is -0.395 e. The van der Waals surface area contributed by atoms with Gasteiger partial charge in [0.1, 0.15) is 0 Å². The number of hydrogen-bond acceptors (Lipinski definition) is 3. The number of nitrogens with one attached hydrogen (secondary N) is 1. The molecule has 0 radical (unpaired) electrons. The molecule has 1 aliphatic rings. The number of nitrogens with zero attached hydrogens (tertiary/aromatic N) is 1. The number of aliphatic hydroxyl groups is 1. The Morgan fingerprint density at radius 2 is 2.06 bits per heavy atom. The maximum atomic E-state index is 9.41. The van der Waals surface area contributed by atoms with E-state index in [2.05, 4.69) is 37.9 Å². The smallest absolute Gasteiger partial charge is 0.0597 e. The molecule has 1 rings (SSSR count). The summed E-state index contributed by atoms with van der Waals surface area (Å²) in [4.78, 5) is 2.54. The largest absolute Gasteiger partial charge is 0.395 e. The molecule has 2 N–H and O–H groups in total. The molecule has 0 saturated carbocycles. The van der Waals surface area contributed by atoms with Crippen molar-refractivity contribution in [1.29, 1.82) is 0 Å². The normalized spacial score (nSPS) is 32.6. The van der Waals surface area contributed by atoms with Crippen LogP contribution in [-0.4, -0.2) is 48.3 Å². The summed E-state index contributed by atoms with van der Waals surface area (Å²) < 4.78 is 0. The SMILES string of the molecule is CCCNC(CO)CN1CC(C)CC(C)C1C. The summed E-state index contributed by atoms with van der Waals surface area (Å²) in [5.74, 6) is 1.55. The lowest BCUT2D eigenvalue weighted by molar-refractivity contribution is 0.0614. The standard InChI is InChI=1S/C14H30N2O/c1-5-6-15-14(10-17)9-16-8-11(2)7-12(3)13(16)4/h11-15,17H,5-10H2,1-4H3. The van der Waals surface area contributed by atoms with Crippen LogP contribution in [0.3, 0.4) is 0 Å². The Labute approximate surface area is 107 Å². The summed E-state index contributed by atoms with van der Waals surface area (Å²) in [6.45, 7) is 12.6. The van der Waals surface area contributed by atoms with E-state index in [1.165, 1.54) is 13.0 Å². The van der Waals surface area contributed by atoms with Crippen LogP contribution < -0.4 is 5.32 Å². The maximum Gasteiger partial charge on any atom is 0.0597 e. The fraction of sp³-hybridized carbons (Fsp3) is 1.00. The summed E-state index contributed by atoms with van der Waals surface area (Å²) in [6.07, 6.45) is 2.46. The lowest BCUT2D eigenvalue weighted by atomic mass is 9.86. The molecule has 102 valence electrons. The second kappa shape index (κ2) is 7.34. The summed E-state index contributed by atoms with van der Waals surface area (Å²) >= 11 is 0. The van der Waals surface area contributed by atoms with Crippen molar-refractivity contribution in [3.8, 4) is 0 Å². The summed E-state index contributed by atoms with van der Waals surface area (Å²) in [5, 5.41) is 12.8. The van der Waals surface area contributed by atoms with Crippen LogP contribution in [0.1, 0.15) is 40.5 Å². The third kappa shape index (κ3) is 4.57. The molecule has 0 spiro atoms. The van der Waals surface area contributed by atoms with Crippen molar-refractivity contribution < 1.29 is 5.11 Å². The predicted octanol–water partition coefficient (Wildman–Crippen LogP) is 1.71. The number of piperidine rings is 1. The van der Waals surface area contributed by atoms with Crippen LogP contribution >= 0.6 is 0 Å². The van der Waals surface area contributed by atoms with Gasteiger partial charge in [-0.05, 0) is 38.1 Å². The number of likely N-dealkylation sites (tertiary alicyclic amines) is 1. The molecule has 0 amide bonds. The second-order valence-electron chi connectivity index (χ2n) is 5.85. The van der Waals surface area contributed by atoms with E-state index in [0.29, 0.717) is 6.04 Å². The average Bonchev–Trinajstić information content (AvgIpc) is 2.30. The van der Waals surface area contributed by atoms with Gasteiger partial charge >= 0.3 is 0 Å². The monoisotopic (exact) mass is 242 g/mol. The van der Waals surface area contributed by atoms with E-state index < -0.39 is 0 Å². The highest BCUT2D eigenvalue weighted by Gasteiger charge is 2.29. The van der Waals surface area contributed by atoms with Crippen LogP contribution in [0, 0.1) is 11.8 Å². The molecule has 0 bridgehead atoms. The molecule has 3 heteroatoms. The van der Waals surface area contributed by atoms with Gasteiger partial charge in [0.2, 0.25) is 0 Å². The molecule has 1 aliphatic heterocycles. The Morgan fingerprint density at radius 3 is 2.65 bits per heavy atom. The van der Waals surface area contributed by atoms with Crippen LogP contribution in [0.2, 0.25) is 0 Å². The van der Waals surface area contributed by atoms with Crippen LogP contribution in [0.5, 0.6) is 0 Å². The van der Waals surface area contributed by atoms with Gasteiger partial charge in [-0.2, -0.15) is 0 Å². The van der Waals surface area contributed by atoms with Gasteiger partial charge in [0.25, 0.3) is 0 Å². The molecule has 0 aromatic heterocycles.